The highest BCUT2D eigenvalue weighted by Gasteiger charge is 2.06. The predicted octanol–water partition coefficient (Wildman–Crippen LogP) is 1.73. The van der Waals surface area contributed by atoms with Crippen molar-refractivity contribution in [3.05, 3.63) is 60.2 Å². The third kappa shape index (κ3) is 6.64. The number of nitrogens with zero attached hydrogens (tertiary/aromatic N) is 1. The van der Waals surface area contributed by atoms with Gasteiger partial charge >= 0.3 is 0 Å². The molecule has 2 N–H and O–H groups in total. The highest BCUT2D eigenvalue weighted by molar-refractivity contribution is 5.87. The van der Waals surface area contributed by atoms with Crippen LogP contribution in [-0.4, -0.2) is 37.8 Å². The minimum Gasteiger partial charge on any atom is -0.493 e. The first kappa shape index (κ1) is 19.0. The van der Waals surface area contributed by atoms with Gasteiger partial charge in [0.25, 0.3) is 11.8 Å². The second-order valence-corrected chi connectivity index (χ2v) is 5.14. The summed E-state index contributed by atoms with van der Waals surface area (Å²) in [4.78, 5) is 23.4. The van der Waals surface area contributed by atoms with E-state index in [2.05, 4.69) is 15.8 Å². The largest absolute Gasteiger partial charge is 0.493 e. The lowest BCUT2D eigenvalue weighted by Gasteiger charge is -2.07. The Morgan fingerprint density at radius 3 is 2.50 bits per heavy atom. The molecule has 0 spiro atoms. The van der Waals surface area contributed by atoms with Crippen LogP contribution in [0.1, 0.15) is 12.5 Å². The molecule has 2 aromatic rings. The number of ether oxygens (including phenoxy) is 2. The standard InChI is InChI=1S/C19H21N3O4/c1-2-25-17-11-7-6-8-15(17)12-21-22-18(23)13-20-19(24)14-26-16-9-4-3-5-10-16/h3-12H,2,13-14H2,1H3,(H,20,24)(H,22,23)/b21-12+. The molecule has 2 aromatic carbocycles. The molecular formula is C19H21N3O4. The summed E-state index contributed by atoms with van der Waals surface area (Å²) >= 11 is 0. The summed E-state index contributed by atoms with van der Waals surface area (Å²) in [5, 5.41) is 6.33. The lowest BCUT2D eigenvalue weighted by molar-refractivity contribution is -0.127. The van der Waals surface area contributed by atoms with Gasteiger partial charge in [-0.05, 0) is 31.2 Å². The second kappa shape index (κ2) is 10.5. The molecule has 0 unspecified atom stereocenters. The fraction of sp³-hybridized carbons (Fsp3) is 0.211. The number of hydrogen-bond donors (Lipinski definition) is 2. The second-order valence-electron chi connectivity index (χ2n) is 5.14. The van der Waals surface area contributed by atoms with Crippen molar-refractivity contribution in [2.45, 2.75) is 6.92 Å². The Morgan fingerprint density at radius 2 is 1.73 bits per heavy atom. The van der Waals surface area contributed by atoms with Crippen LogP contribution in [0.15, 0.2) is 59.7 Å². The smallest absolute Gasteiger partial charge is 0.259 e. The Labute approximate surface area is 152 Å². The monoisotopic (exact) mass is 355 g/mol. The van der Waals surface area contributed by atoms with Crippen molar-refractivity contribution in [2.24, 2.45) is 5.10 Å². The molecule has 0 saturated heterocycles. The number of amides is 2. The zero-order valence-corrected chi connectivity index (χ0v) is 14.5. The Hall–Kier alpha value is -3.35. The third-order valence-corrected chi connectivity index (χ3v) is 3.17. The number of para-hydroxylation sites is 2. The van der Waals surface area contributed by atoms with Crippen LogP contribution in [0.4, 0.5) is 0 Å². The topological polar surface area (TPSA) is 89.0 Å². The molecule has 0 aliphatic heterocycles. The molecule has 2 amide bonds. The number of hydrogen-bond acceptors (Lipinski definition) is 5. The van der Waals surface area contributed by atoms with Crippen LogP contribution in [0.5, 0.6) is 11.5 Å². The fourth-order valence-electron chi connectivity index (χ4n) is 1.98. The molecule has 0 aromatic heterocycles. The normalized spacial score (nSPS) is 10.3. The summed E-state index contributed by atoms with van der Waals surface area (Å²) in [5.41, 5.74) is 3.09. The quantitative estimate of drug-likeness (QED) is 0.530. The summed E-state index contributed by atoms with van der Waals surface area (Å²) in [5.74, 6) is 0.432. The van der Waals surface area contributed by atoms with Gasteiger partial charge in [-0.25, -0.2) is 5.43 Å². The maximum atomic E-state index is 11.7. The van der Waals surface area contributed by atoms with Crippen molar-refractivity contribution in [2.75, 3.05) is 19.8 Å². The van der Waals surface area contributed by atoms with Crippen LogP contribution in [-0.2, 0) is 9.59 Å². The van der Waals surface area contributed by atoms with E-state index >= 15 is 0 Å². The number of benzene rings is 2. The van der Waals surface area contributed by atoms with Crippen molar-refractivity contribution in [3.63, 3.8) is 0 Å². The van der Waals surface area contributed by atoms with E-state index in [-0.39, 0.29) is 13.2 Å². The molecule has 26 heavy (non-hydrogen) atoms. The van der Waals surface area contributed by atoms with Crippen LogP contribution >= 0.6 is 0 Å². The molecule has 0 radical (unpaired) electrons. The Bertz CT molecular complexity index is 747. The number of hydrazone groups is 1. The maximum Gasteiger partial charge on any atom is 0.259 e. The Morgan fingerprint density at radius 1 is 1.00 bits per heavy atom. The van der Waals surface area contributed by atoms with E-state index in [9.17, 15) is 9.59 Å². The predicted molar refractivity (Wildman–Crippen MR) is 98.3 cm³/mol. The number of carbonyl (C=O) groups excluding carboxylic acids is 2. The fourth-order valence-corrected chi connectivity index (χ4v) is 1.98. The van der Waals surface area contributed by atoms with Crippen LogP contribution in [0.25, 0.3) is 0 Å². The molecule has 0 aliphatic rings. The van der Waals surface area contributed by atoms with Crippen molar-refractivity contribution >= 4 is 18.0 Å². The van der Waals surface area contributed by atoms with Gasteiger partial charge < -0.3 is 14.8 Å². The zero-order chi connectivity index (χ0) is 18.6. The number of rotatable bonds is 9. The van der Waals surface area contributed by atoms with Gasteiger partial charge in [0, 0.05) is 5.56 Å². The molecule has 0 aliphatic carbocycles. The van der Waals surface area contributed by atoms with Crippen LogP contribution in [0, 0.1) is 0 Å². The van der Waals surface area contributed by atoms with Crippen molar-refractivity contribution in [3.8, 4) is 11.5 Å². The highest BCUT2D eigenvalue weighted by Crippen LogP contribution is 2.15. The van der Waals surface area contributed by atoms with E-state index in [1.807, 2.05) is 49.4 Å². The van der Waals surface area contributed by atoms with E-state index in [1.165, 1.54) is 6.21 Å². The van der Waals surface area contributed by atoms with E-state index < -0.39 is 11.8 Å². The van der Waals surface area contributed by atoms with Gasteiger partial charge in [0.15, 0.2) is 6.61 Å². The average Bonchev–Trinajstić information content (AvgIpc) is 2.67. The van der Waals surface area contributed by atoms with Crippen LogP contribution < -0.4 is 20.2 Å². The molecule has 0 bridgehead atoms. The maximum absolute atomic E-state index is 11.7. The number of carbonyl (C=O) groups is 2. The lowest BCUT2D eigenvalue weighted by atomic mass is 10.2. The van der Waals surface area contributed by atoms with Gasteiger partial charge in [-0.15, -0.1) is 0 Å². The molecule has 136 valence electrons. The first-order chi connectivity index (χ1) is 12.7. The van der Waals surface area contributed by atoms with Crippen molar-refractivity contribution in [1.29, 1.82) is 0 Å². The van der Waals surface area contributed by atoms with Gasteiger partial charge in [0.05, 0.1) is 19.4 Å². The minimum atomic E-state index is -0.441. The minimum absolute atomic E-state index is 0.164. The van der Waals surface area contributed by atoms with E-state index in [4.69, 9.17) is 9.47 Å². The highest BCUT2D eigenvalue weighted by atomic mass is 16.5. The molecule has 2 rings (SSSR count). The third-order valence-electron chi connectivity index (χ3n) is 3.17. The van der Waals surface area contributed by atoms with Gasteiger partial charge in [-0.2, -0.15) is 5.10 Å². The molecular weight excluding hydrogens is 334 g/mol. The summed E-state index contributed by atoms with van der Waals surface area (Å²) in [6.45, 7) is 2.07. The summed E-state index contributed by atoms with van der Waals surface area (Å²) in [7, 11) is 0. The lowest BCUT2D eigenvalue weighted by Crippen LogP contribution is -2.37. The Balaban J connectivity index is 1.71. The van der Waals surface area contributed by atoms with Crippen molar-refractivity contribution < 1.29 is 19.1 Å². The van der Waals surface area contributed by atoms with E-state index in [1.54, 1.807) is 12.1 Å². The van der Waals surface area contributed by atoms with E-state index in [0.717, 1.165) is 5.56 Å². The Kier molecular flexibility index (Phi) is 7.67. The van der Waals surface area contributed by atoms with E-state index in [0.29, 0.717) is 18.1 Å². The molecule has 7 nitrogen and oxygen atoms in total. The van der Waals surface area contributed by atoms with Crippen LogP contribution in [0.3, 0.4) is 0 Å². The number of nitrogens with one attached hydrogen (secondary N) is 2. The van der Waals surface area contributed by atoms with Crippen LogP contribution in [0.2, 0.25) is 0 Å². The molecule has 0 heterocycles. The van der Waals surface area contributed by atoms with Gasteiger partial charge in [-0.1, -0.05) is 30.3 Å². The van der Waals surface area contributed by atoms with Gasteiger partial charge in [0.2, 0.25) is 0 Å². The molecule has 0 atom stereocenters. The first-order valence-electron chi connectivity index (χ1n) is 8.17. The van der Waals surface area contributed by atoms with Gasteiger partial charge in [0.1, 0.15) is 11.5 Å². The van der Waals surface area contributed by atoms with Gasteiger partial charge in [-0.3, -0.25) is 9.59 Å². The average molecular weight is 355 g/mol. The molecule has 0 saturated carbocycles. The molecule has 0 fully saturated rings. The van der Waals surface area contributed by atoms with Crippen molar-refractivity contribution in [1.82, 2.24) is 10.7 Å². The SMILES string of the molecule is CCOc1ccccc1/C=N/NC(=O)CNC(=O)COc1ccccc1. The summed E-state index contributed by atoms with van der Waals surface area (Å²) in [6, 6.07) is 16.3. The summed E-state index contributed by atoms with van der Waals surface area (Å²) in [6.07, 6.45) is 1.49. The zero-order valence-electron chi connectivity index (χ0n) is 14.5. The first-order valence-corrected chi connectivity index (χ1v) is 8.17. The summed E-state index contributed by atoms with van der Waals surface area (Å²) < 4.78 is 10.7. The molecule has 7 heteroatoms.